The number of carbonyl (C=O) groups excluding carboxylic acids is 1. The van der Waals surface area contributed by atoms with Gasteiger partial charge in [0.1, 0.15) is 9.96 Å². The van der Waals surface area contributed by atoms with E-state index >= 15 is 0 Å². The Balaban J connectivity index is 1.88. The number of nitrogens with zero attached hydrogens (tertiary/aromatic N) is 1. The number of rotatable bonds is 8. The van der Waals surface area contributed by atoms with Crippen LogP contribution in [0.2, 0.25) is 0 Å². The molecule has 1 heterocycles. The lowest BCUT2D eigenvalue weighted by molar-refractivity contribution is -0.116. The summed E-state index contributed by atoms with van der Waals surface area (Å²) in [6, 6.07) is 8.82. The number of methoxy groups -OCH3 is 1. The summed E-state index contributed by atoms with van der Waals surface area (Å²) in [5.74, 6) is 0.419. The fraction of sp³-hybridized carbons (Fsp3) is 0.353. The first kappa shape index (κ1) is 19.4. The molecule has 0 unspecified atom stereocenters. The first-order valence-corrected chi connectivity index (χ1v) is 10.1. The minimum Gasteiger partial charge on any atom is -0.495 e. The number of hydrogen-bond acceptors (Lipinski definition) is 5. The summed E-state index contributed by atoms with van der Waals surface area (Å²) in [5, 5.41) is 4.54. The number of benzene rings is 1. The SMILES string of the molecule is COc1ccc(C)cc1NC(=O)CCCN(C)S(=O)(=O)c1cccs1. The van der Waals surface area contributed by atoms with Crippen LogP contribution in [0.4, 0.5) is 5.69 Å². The molecule has 0 aliphatic heterocycles. The van der Waals surface area contributed by atoms with Crippen LogP contribution >= 0.6 is 11.3 Å². The number of carbonyl (C=O) groups is 1. The quantitative estimate of drug-likeness (QED) is 0.761. The Morgan fingerprint density at radius 2 is 2.08 bits per heavy atom. The number of nitrogens with one attached hydrogen (secondary N) is 1. The van der Waals surface area contributed by atoms with Crippen molar-refractivity contribution in [3.63, 3.8) is 0 Å². The molecule has 0 bridgehead atoms. The maximum absolute atomic E-state index is 12.3. The van der Waals surface area contributed by atoms with Crippen LogP contribution in [-0.4, -0.2) is 39.3 Å². The molecule has 0 saturated carbocycles. The normalized spacial score (nSPS) is 11.5. The summed E-state index contributed by atoms with van der Waals surface area (Å²) >= 11 is 1.18. The van der Waals surface area contributed by atoms with E-state index in [1.165, 1.54) is 22.7 Å². The predicted molar refractivity (Wildman–Crippen MR) is 99.7 cm³/mol. The lowest BCUT2D eigenvalue weighted by Gasteiger charge is -2.16. The summed E-state index contributed by atoms with van der Waals surface area (Å²) in [6.07, 6.45) is 0.655. The van der Waals surface area contributed by atoms with E-state index in [0.717, 1.165) is 5.56 Å². The fourth-order valence-corrected chi connectivity index (χ4v) is 4.69. The van der Waals surface area contributed by atoms with Crippen LogP contribution in [0.3, 0.4) is 0 Å². The minimum absolute atomic E-state index is 0.175. The van der Waals surface area contributed by atoms with Crippen LogP contribution in [0, 0.1) is 6.92 Å². The average Bonchev–Trinajstić information content (AvgIpc) is 3.10. The minimum atomic E-state index is -3.47. The molecule has 6 nitrogen and oxygen atoms in total. The van der Waals surface area contributed by atoms with Crippen LogP contribution in [0.25, 0.3) is 0 Å². The summed E-state index contributed by atoms with van der Waals surface area (Å²) < 4.78 is 31.4. The highest BCUT2D eigenvalue weighted by Gasteiger charge is 2.21. The van der Waals surface area contributed by atoms with E-state index in [1.54, 1.807) is 30.7 Å². The monoisotopic (exact) mass is 382 g/mol. The van der Waals surface area contributed by atoms with Crippen molar-refractivity contribution in [1.29, 1.82) is 0 Å². The Labute approximate surface area is 152 Å². The van der Waals surface area contributed by atoms with E-state index in [-0.39, 0.29) is 18.9 Å². The Kier molecular flexibility index (Phi) is 6.57. The molecule has 136 valence electrons. The predicted octanol–water partition coefficient (Wildman–Crippen LogP) is 3.10. The highest BCUT2D eigenvalue weighted by atomic mass is 32.2. The smallest absolute Gasteiger partial charge is 0.252 e. The second-order valence-corrected chi connectivity index (χ2v) is 8.83. The van der Waals surface area contributed by atoms with Crippen molar-refractivity contribution in [3.05, 3.63) is 41.3 Å². The highest BCUT2D eigenvalue weighted by Crippen LogP contribution is 2.25. The van der Waals surface area contributed by atoms with Gasteiger partial charge in [-0.1, -0.05) is 12.1 Å². The van der Waals surface area contributed by atoms with Gasteiger partial charge in [-0.05, 0) is 42.5 Å². The average molecular weight is 383 g/mol. The van der Waals surface area contributed by atoms with Gasteiger partial charge in [-0.25, -0.2) is 12.7 Å². The first-order chi connectivity index (χ1) is 11.8. The topological polar surface area (TPSA) is 75.7 Å². The maximum atomic E-state index is 12.3. The van der Waals surface area contributed by atoms with Gasteiger partial charge in [0.05, 0.1) is 12.8 Å². The largest absolute Gasteiger partial charge is 0.495 e. The molecule has 8 heteroatoms. The Hall–Kier alpha value is -1.90. The van der Waals surface area contributed by atoms with Gasteiger partial charge in [0, 0.05) is 20.0 Å². The van der Waals surface area contributed by atoms with Crippen molar-refractivity contribution in [3.8, 4) is 5.75 Å². The molecule has 0 atom stereocenters. The molecule has 1 aromatic carbocycles. The van der Waals surface area contributed by atoms with E-state index in [1.807, 2.05) is 19.1 Å². The van der Waals surface area contributed by atoms with Gasteiger partial charge in [-0.2, -0.15) is 0 Å². The number of hydrogen-bond donors (Lipinski definition) is 1. The van der Waals surface area contributed by atoms with Gasteiger partial charge in [0.2, 0.25) is 5.91 Å². The number of amides is 1. The van der Waals surface area contributed by atoms with Crippen molar-refractivity contribution in [1.82, 2.24) is 4.31 Å². The standard InChI is InChI=1S/C17H22N2O4S2/c1-13-8-9-15(23-3)14(12-13)18-16(20)6-4-10-19(2)25(21,22)17-7-5-11-24-17/h5,7-9,11-12H,4,6,10H2,1-3H3,(H,18,20). The summed E-state index contributed by atoms with van der Waals surface area (Å²) in [5.41, 5.74) is 1.63. The van der Waals surface area contributed by atoms with Crippen LogP contribution < -0.4 is 10.1 Å². The molecule has 0 saturated heterocycles. The van der Waals surface area contributed by atoms with Gasteiger partial charge >= 0.3 is 0 Å². The van der Waals surface area contributed by atoms with Crippen LogP contribution in [0.1, 0.15) is 18.4 Å². The molecule has 1 aromatic heterocycles. The van der Waals surface area contributed by atoms with Gasteiger partial charge in [-0.3, -0.25) is 4.79 Å². The molecular formula is C17H22N2O4S2. The zero-order valence-corrected chi connectivity index (χ0v) is 16.1. The Morgan fingerprint density at radius 1 is 1.32 bits per heavy atom. The lowest BCUT2D eigenvalue weighted by atomic mass is 10.2. The Morgan fingerprint density at radius 3 is 2.72 bits per heavy atom. The molecule has 0 radical (unpaired) electrons. The number of thiophene rings is 1. The van der Waals surface area contributed by atoms with Gasteiger partial charge in [0.25, 0.3) is 10.0 Å². The molecule has 2 rings (SSSR count). The second-order valence-electron chi connectivity index (χ2n) is 5.61. The van der Waals surface area contributed by atoms with Gasteiger partial charge < -0.3 is 10.1 Å². The van der Waals surface area contributed by atoms with Gasteiger partial charge in [-0.15, -0.1) is 11.3 Å². The van der Waals surface area contributed by atoms with Crippen molar-refractivity contribution in [2.45, 2.75) is 24.0 Å². The van der Waals surface area contributed by atoms with Crippen LogP contribution in [-0.2, 0) is 14.8 Å². The molecule has 25 heavy (non-hydrogen) atoms. The van der Waals surface area contributed by atoms with Crippen molar-refractivity contribution < 1.29 is 17.9 Å². The molecule has 0 spiro atoms. The van der Waals surface area contributed by atoms with E-state index in [2.05, 4.69) is 5.32 Å². The molecular weight excluding hydrogens is 360 g/mol. The third kappa shape index (κ3) is 5.04. The molecule has 2 aromatic rings. The third-order valence-corrected chi connectivity index (χ3v) is 6.90. The summed E-state index contributed by atoms with van der Waals surface area (Å²) in [6.45, 7) is 2.21. The van der Waals surface area contributed by atoms with E-state index in [0.29, 0.717) is 22.1 Å². The van der Waals surface area contributed by atoms with E-state index in [9.17, 15) is 13.2 Å². The van der Waals surface area contributed by atoms with Crippen molar-refractivity contribution in [2.24, 2.45) is 0 Å². The number of anilines is 1. The number of sulfonamides is 1. The van der Waals surface area contributed by atoms with Crippen molar-refractivity contribution in [2.75, 3.05) is 26.0 Å². The molecule has 0 aliphatic rings. The van der Waals surface area contributed by atoms with Crippen molar-refractivity contribution >= 4 is 33.0 Å². The third-order valence-electron chi connectivity index (χ3n) is 3.67. The molecule has 0 fully saturated rings. The maximum Gasteiger partial charge on any atom is 0.252 e. The first-order valence-electron chi connectivity index (χ1n) is 7.79. The Bertz CT molecular complexity index is 817. The highest BCUT2D eigenvalue weighted by molar-refractivity contribution is 7.91. The van der Waals surface area contributed by atoms with Gasteiger partial charge in [0.15, 0.2) is 0 Å². The zero-order chi connectivity index (χ0) is 18.4. The molecule has 1 N–H and O–H groups in total. The number of aryl methyl sites for hydroxylation is 1. The fourth-order valence-electron chi connectivity index (χ4n) is 2.28. The summed E-state index contributed by atoms with van der Waals surface area (Å²) in [4.78, 5) is 12.1. The lowest BCUT2D eigenvalue weighted by Crippen LogP contribution is -2.28. The zero-order valence-electron chi connectivity index (χ0n) is 14.5. The second kappa shape index (κ2) is 8.46. The van der Waals surface area contributed by atoms with E-state index in [4.69, 9.17) is 4.74 Å². The molecule has 0 aliphatic carbocycles. The molecule has 1 amide bonds. The van der Waals surface area contributed by atoms with Crippen LogP contribution in [0.5, 0.6) is 5.75 Å². The van der Waals surface area contributed by atoms with Crippen LogP contribution in [0.15, 0.2) is 39.9 Å². The summed E-state index contributed by atoms with van der Waals surface area (Å²) in [7, 11) is -0.398. The van der Waals surface area contributed by atoms with E-state index < -0.39 is 10.0 Å². The number of ether oxygens (including phenoxy) is 1.